The van der Waals surface area contributed by atoms with Crippen LogP contribution in [0.4, 0.5) is 0 Å². The molecule has 1 aromatic rings. The molecule has 84 valence electrons. The molecule has 2 nitrogen and oxygen atoms in total. The van der Waals surface area contributed by atoms with E-state index in [2.05, 4.69) is 32.9 Å². The van der Waals surface area contributed by atoms with Crippen molar-refractivity contribution in [3.63, 3.8) is 0 Å². The maximum atomic E-state index is 5.29. The highest BCUT2D eigenvalue weighted by Crippen LogP contribution is 2.28. The second kappa shape index (κ2) is 4.67. The Morgan fingerprint density at radius 1 is 1.13 bits per heavy atom. The molecule has 0 unspecified atom stereocenters. The minimum Gasteiger partial charge on any atom is -0.496 e. The third-order valence-electron chi connectivity index (χ3n) is 2.45. The Hall–Kier alpha value is -1.02. The van der Waals surface area contributed by atoms with Crippen molar-refractivity contribution < 1.29 is 9.47 Å². The van der Waals surface area contributed by atoms with Gasteiger partial charge in [-0.25, -0.2) is 0 Å². The molecule has 0 aliphatic carbocycles. The Labute approximate surface area is 92.2 Å². The summed E-state index contributed by atoms with van der Waals surface area (Å²) in [5.41, 5.74) is 2.57. The van der Waals surface area contributed by atoms with Gasteiger partial charge < -0.3 is 9.47 Å². The summed E-state index contributed by atoms with van der Waals surface area (Å²) in [5.74, 6) is 0.893. The van der Waals surface area contributed by atoms with Gasteiger partial charge in [-0.1, -0.05) is 26.8 Å². The summed E-state index contributed by atoms with van der Waals surface area (Å²) >= 11 is 0. The number of methoxy groups -OCH3 is 2. The predicted octanol–water partition coefficient (Wildman–Crippen LogP) is 3.14. The third-order valence-corrected chi connectivity index (χ3v) is 2.45. The normalized spacial score (nSPS) is 11.5. The Kier molecular flexibility index (Phi) is 3.75. The van der Waals surface area contributed by atoms with E-state index in [0.717, 1.165) is 11.3 Å². The molecule has 15 heavy (non-hydrogen) atoms. The highest BCUT2D eigenvalue weighted by molar-refractivity contribution is 5.39. The fraction of sp³-hybridized carbons (Fsp3) is 0.538. The highest BCUT2D eigenvalue weighted by Gasteiger charge is 2.15. The van der Waals surface area contributed by atoms with E-state index in [-0.39, 0.29) is 5.41 Å². The second-order valence-corrected chi connectivity index (χ2v) is 4.71. The SMILES string of the molecule is COCc1cc(C(C)(C)C)ccc1OC. The molecule has 0 spiro atoms. The summed E-state index contributed by atoms with van der Waals surface area (Å²) in [5, 5.41) is 0. The van der Waals surface area contributed by atoms with Gasteiger partial charge in [-0.05, 0) is 23.1 Å². The molecule has 0 heterocycles. The number of hydrogen-bond donors (Lipinski definition) is 0. The van der Waals surface area contributed by atoms with Gasteiger partial charge in [-0.2, -0.15) is 0 Å². The van der Waals surface area contributed by atoms with Crippen LogP contribution in [0.2, 0.25) is 0 Å². The van der Waals surface area contributed by atoms with E-state index in [4.69, 9.17) is 9.47 Å². The van der Waals surface area contributed by atoms with Crippen molar-refractivity contribution in [2.45, 2.75) is 32.8 Å². The summed E-state index contributed by atoms with van der Waals surface area (Å²) in [7, 11) is 3.38. The first-order chi connectivity index (χ1) is 6.99. The second-order valence-electron chi connectivity index (χ2n) is 4.71. The Balaban J connectivity index is 3.10. The first-order valence-corrected chi connectivity index (χ1v) is 5.15. The van der Waals surface area contributed by atoms with Gasteiger partial charge >= 0.3 is 0 Å². The van der Waals surface area contributed by atoms with Crippen molar-refractivity contribution in [1.82, 2.24) is 0 Å². The van der Waals surface area contributed by atoms with Crippen LogP contribution in [0.25, 0.3) is 0 Å². The van der Waals surface area contributed by atoms with Gasteiger partial charge in [0.2, 0.25) is 0 Å². The quantitative estimate of drug-likeness (QED) is 0.759. The fourth-order valence-corrected chi connectivity index (χ4v) is 1.51. The van der Waals surface area contributed by atoms with Crippen LogP contribution >= 0.6 is 0 Å². The van der Waals surface area contributed by atoms with Crippen LogP contribution in [0, 0.1) is 0 Å². The highest BCUT2D eigenvalue weighted by atomic mass is 16.5. The van der Waals surface area contributed by atoms with Crippen molar-refractivity contribution in [3.05, 3.63) is 29.3 Å². The van der Waals surface area contributed by atoms with Crippen molar-refractivity contribution in [2.24, 2.45) is 0 Å². The van der Waals surface area contributed by atoms with Crippen LogP contribution in [0.3, 0.4) is 0 Å². The van der Waals surface area contributed by atoms with Crippen LogP contribution in [0.5, 0.6) is 5.75 Å². The summed E-state index contributed by atoms with van der Waals surface area (Å²) < 4.78 is 10.4. The van der Waals surface area contributed by atoms with Crippen LogP contribution in [-0.2, 0) is 16.8 Å². The lowest BCUT2D eigenvalue weighted by molar-refractivity contribution is 0.181. The molecule has 0 N–H and O–H groups in total. The molecule has 0 aliphatic rings. The molecule has 0 fully saturated rings. The number of rotatable bonds is 3. The summed E-state index contributed by atoms with van der Waals surface area (Å²) in [4.78, 5) is 0. The standard InChI is InChI=1S/C13H20O2/c1-13(2,3)11-6-7-12(15-5)10(8-11)9-14-4/h6-8H,9H2,1-5H3. The molecular formula is C13H20O2. The van der Waals surface area contributed by atoms with Gasteiger partial charge in [-0.15, -0.1) is 0 Å². The topological polar surface area (TPSA) is 18.5 Å². The average molecular weight is 208 g/mol. The Morgan fingerprint density at radius 3 is 2.27 bits per heavy atom. The lowest BCUT2D eigenvalue weighted by Crippen LogP contribution is -2.11. The smallest absolute Gasteiger partial charge is 0.124 e. The molecule has 0 radical (unpaired) electrons. The summed E-state index contributed by atoms with van der Waals surface area (Å²) in [6.45, 7) is 7.19. The molecule has 0 atom stereocenters. The first kappa shape index (κ1) is 12.1. The molecule has 0 aliphatic heterocycles. The zero-order chi connectivity index (χ0) is 11.5. The summed E-state index contributed by atoms with van der Waals surface area (Å²) in [6, 6.07) is 6.27. The van der Waals surface area contributed by atoms with Crippen LogP contribution in [0.15, 0.2) is 18.2 Å². The molecule has 1 rings (SSSR count). The fourth-order valence-electron chi connectivity index (χ4n) is 1.51. The monoisotopic (exact) mass is 208 g/mol. The zero-order valence-electron chi connectivity index (χ0n) is 10.3. The van der Waals surface area contributed by atoms with E-state index in [1.54, 1.807) is 14.2 Å². The van der Waals surface area contributed by atoms with E-state index >= 15 is 0 Å². The van der Waals surface area contributed by atoms with Crippen molar-refractivity contribution >= 4 is 0 Å². The van der Waals surface area contributed by atoms with E-state index in [1.807, 2.05) is 6.07 Å². The maximum absolute atomic E-state index is 5.29. The Bertz CT molecular complexity index is 324. The molecule has 2 heteroatoms. The van der Waals surface area contributed by atoms with Crippen molar-refractivity contribution in [1.29, 1.82) is 0 Å². The minimum atomic E-state index is 0.161. The average Bonchev–Trinajstić information content (AvgIpc) is 2.17. The first-order valence-electron chi connectivity index (χ1n) is 5.15. The third kappa shape index (κ3) is 2.96. The molecule has 0 bridgehead atoms. The van der Waals surface area contributed by atoms with Gasteiger partial charge in [0.25, 0.3) is 0 Å². The minimum absolute atomic E-state index is 0.161. The molecule has 0 saturated heterocycles. The maximum Gasteiger partial charge on any atom is 0.124 e. The predicted molar refractivity (Wildman–Crippen MR) is 62.4 cm³/mol. The van der Waals surface area contributed by atoms with Gasteiger partial charge in [0, 0.05) is 12.7 Å². The van der Waals surface area contributed by atoms with Gasteiger partial charge in [0.15, 0.2) is 0 Å². The van der Waals surface area contributed by atoms with Crippen molar-refractivity contribution in [3.8, 4) is 5.75 Å². The molecular weight excluding hydrogens is 188 g/mol. The lowest BCUT2D eigenvalue weighted by Gasteiger charge is -2.20. The van der Waals surface area contributed by atoms with Gasteiger partial charge in [0.1, 0.15) is 5.75 Å². The molecule has 0 saturated carbocycles. The molecule has 1 aromatic carbocycles. The van der Waals surface area contributed by atoms with E-state index < -0.39 is 0 Å². The summed E-state index contributed by atoms with van der Waals surface area (Å²) in [6.07, 6.45) is 0. The number of ether oxygens (including phenoxy) is 2. The number of benzene rings is 1. The van der Waals surface area contributed by atoms with Crippen LogP contribution in [0.1, 0.15) is 31.9 Å². The largest absolute Gasteiger partial charge is 0.496 e. The van der Waals surface area contributed by atoms with Gasteiger partial charge in [0.05, 0.1) is 13.7 Å². The molecule has 0 amide bonds. The van der Waals surface area contributed by atoms with E-state index in [0.29, 0.717) is 6.61 Å². The van der Waals surface area contributed by atoms with Crippen LogP contribution in [-0.4, -0.2) is 14.2 Å². The molecule has 0 aromatic heterocycles. The van der Waals surface area contributed by atoms with E-state index in [1.165, 1.54) is 5.56 Å². The zero-order valence-corrected chi connectivity index (χ0v) is 10.3. The van der Waals surface area contributed by atoms with Crippen molar-refractivity contribution in [2.75, 3.05) is 14.2 Å². The van der Waals surface area contributed by atoms with Crippen LogP contribution < -0.4 is 4.74 Å². The lowest BCUT2D eigenvalue weighted by atomic mass is 9.86. The Morgan fingerprint density at radius 2 is 1.80 bits per heavy atom. The van der Waals surface area contributed by atoms with E-state index in [9.17, 15) is 0 Å². The van der Waals surface area contributed by atoms with Gasteiger partial charge in [-0.3, -0.25) is 0 Å². The number of hydrogen-bond acceptors (Lipinski definition) is 2.